The van der Waals surface area contributed by atoms with E-state index < -0.39 is 5.97 Å². The predicted molar refractivity (Wildman–Crippen MR) is 109 cm³/mol. The second-order valence-corrected chi connectivity index (χ2v) is 6.07. The molecule has 0 atom stereocenters. The molecule has 0 aliphatic rings. The number of nitrogens with one attached hydrogen (secondary N) is 1. The van der Waals surface area contributed by atoms with Gasteiger partial charge in [-0.2, -0.15) is 0 Å². The van der Waals surface area contributed by atoms with E-state index in [1.165, 1.54) is 12.1 Å². The Bertz CT molecular complexity index is 1030. The quantitative estimate of drug-likeness (QED) is 0.385. The zero-order valence-electron chi connectivity index (χ0n) is 15.3. The van der Waals surface area contributed by atoms with Gasteiger partial charge in [0.15, 0.2) is 0 Å². The lowest BCUT2D eigenvalue weighted by Gasteiger charge is -2.14. The second-order valence-electron chi connectivity index (χ2n) is 6.07. The van der Waals surface area contributed by atoms with Crippen molar-refractivity contribution in [3.63, 3.8) is 0 Å². The Morgan fingerprint density at radius 1 is 1.11 bits per heavy atom. The van der Waals surface area contributed by atoms with E-state index in [-0.39, 0.29) is 11.4 Å². The molecule has 0 bridgehead atoms. The van der Waals surface area contributed by atoms with Gasteiger partial charge in [-0.05, 0) is 49.4 Å². The maximum Gasteiger partial charge on any atom is 0.335 e. The number of ether oxygens (including phenoxy) is 1. The molecule has 7 heteroatoms. The SMILES string of the molecule is CCOc1ccc(-c2nc(-c3ccc(C(=O)O)cc3)cc(N)c2C(=N)N)cc1. The standard InChI is InChI=1S/C21H20N4O3/c1-2-28-15-9-7-13(8-10-15)19-18(20(23)24)16(22)11-17(25-19)12-3-5-14(6-4-12)21(26)27/h3-11H,2H2,1H3,(H2,22,25)(H3,23,24)(H,26,27). The molecule has 1 heterocycles. The number of nitrogens with zero attached hydrogens (tertiary/aromatic N) is 1. The first-order valence-electron chi connectivity index (χ1n) is 8.62. The molecule has 3 rings (SSSR count). The topological polar surface area (TPSA) is 135 Å². The molecular weight excluding hydrogens is 356 g/mol. The lowest BCUT2D eigenvalue weighted by Crippen LogP contribution is -2.16. The van der Waals surface area contributed by atoms with Gasteiger partial charge in [-0.1, -0.05) is 12.1 Å². The van der Waals surface area contributed by atoms with E-state index in [1.807, 2.05) is 31.2 Å². The van der Waals surface area contributed by atoms with Crippen LogP contribution < -0.4 is 16.2 Å². The summed E-state index contributed by atoms with van der Waals surface area (Å²) in [5, 5.41) is 17.0. The van der Waals surface area contributed by atoms with Crippen LogP contribution in [0, 0.1) is 5.41 Å². The highest BCUT2D eigenvalue weighted by Crippen LogP contribution is 2.31. The van der Waals surface area contributed by atoms with Crippen molar-refractivity contribution in [2.75, 3.05) is 12.3 Å². The summed E-state index contributed by atoms with van der Waals surface area (Å²) in [4.78, 5) is 15.7. The fraction of sp³-hybridized carbons (Fsp3) is 0.0952. The second kappa shape index (κ2) is 7.79. The Balaban J connectivity index is 2.12. The van der Waals surface area contributed by atoms with Crippen molar-refractivity contribution in [1.29, 1.82) is 5.41 Å². The van der Waals surface area contributed by atoms with E-state index in [0.29, 0.717) is 34.8 Å². The van der Waals surface area contributed by atoms with Crippen molar-refractivity contribution in [3.05, 3.63) is 65.7 Å². The molecule has 0 amide bonds. The number of carboxylic acid groups (broad SMARTS) is 1. The first-order chi connectivity index (χ1) is 13.4. The first-order valence-corrected chi connectivity index (χ1v) is 8.62. The summed E-state index contributed by atoms with van der Waals surface area (Å²) in [5.74, 6) is -0.452. The van der Waals surface area contributed by atoms with Gasteiger partial charge in [-0.3, -0.25) is 5.41 Å². The maximum atomic E-state index is 11.1. The van der Waals surface area contributed by atoms with Crippen molar-refractivity contribution in [1.82, 2.24) is 4.98 Å². The van der Waals surface area contributed by atoms with Crippen LogP contribution in [0.2, 0.25) is 0 Å². The number of aromatic carboxylic acids is 1. The van der Waals surface area contributed by atoms with Gasteiger partial charge in [0.25, 0.3) is 0 Å². The van der Waals surface area contributed by atoms with Crippen LogP contribution in [0.25, 0.3) is 22.5 Å². The van der Waals surface area contributed by atoms with E-state index in [4.69, 9.17) is 26.7 Å². The van der Waals surface area contributed by atoms with Gasteiger partial charge < -0.3 is 21.3 Å². The van der Waals surface area contributed by atoms with Crippen LogP contribution in [0.4, 0.5) is 5.69 Å². The zero-order valence-corrected chi connectivity index (χ0v) is 15.3. The lowest BCUT2D eigenvalue weighted by atomic mass is 10.0. The molecule has 2 aromatic carbocycles. The van der Waals surface area contributed by atoms with Crippen LogP contribution in [0.3, 0.4) is 0 Å². The van der Waals surface area contributed by atoms with Gasteiger partial charge in [0.2, 0.25) is 0 Å². The molecule has 6 N–H and O–H groups in total. The molecule has 0 radical (unpaired) electrons. The number of rotatable bonds is 6. The fourth-order valence-corrected chi connectivity index (χ4v) is 2.86. The molecular formula is C21H20N4O3. The number of benzene rings is 2. The summed E-state index contributed by atoms with van der Waals surface area (Å²) in [7, 11) is 0. The molecule has 0 spiro atoms. The van der Waals surface area contributed by atoms with E-state index >= 15 is 0 Å². The number of carboxylic acids is 1. The highest BCUT2D eigenvalue weighted by Gasteiger charge is 2.16. The number of aromatic nitrogens is 1. The number of anilines is 1. The average molecular weight is 376 g/mol. The lowest BCUT2D eigenvalue weighted by molar-refractivity contribution is 0.0697. The van der Waals surface area contributed by atoms with Gasteiger partial charge in [0.1, 0.15) is 11.6 Å². The Morgan fingerprint density at radius 3 is 2.25 bits per heavy atom. The average Bonchev–Trinajstić information content (AvgIpc) is 2.68. The largest absolute Gasteiger partial charge is 0.494 e. The Hall–Kier alpha value is -3.87. The van der Waals surface area contributed by atoms with E-state index in [1.54, 1.807) is 18.2 Å². The van der Waals surface area contributed by atoms with Crippen molar-refractivity contribution in [2.45, 2.75) is 6.92 Å². The van der Waals surface area contributed by atoms with Gasteiger partial charge in [-0.15, -0.1) is 0 Å². The molecule has 0 aliphatic heterocycles. The van der Waals surface area contributed by atoms with E-state index in [2.05, 4.69) is 4.98 Å². The van der Waals surface area contributed by atoms with E-state index in [9.17, 15) is 4.79 Å². The van der Waals surface area contributed by atoms with Crippen molar-refractivity contribution in [3.8, 4) is 28.3 Å². The highest BCUT2D eigenvalue weighted by atomic mass is 16.5. The van der Waals surface area contributed by atoms with Crippen LogP contribution >= 0.6 is 0 Å². The third-order valence-corrected chi connectivity index (χ3v) is 4.19. The van der Waals surface area contributed by atoms with Crippen LogP contribution in [0.1, 0.15) is 22.8 Å². The minimum atomic E-state index is -0.999. The first kappa shape index (κ1) is 18.9. The monoisotopic (exact) mass is 376 g/mol. The van der Waals surface area contributed by atoms with Crippen LogP contribution in [0.15, 0.2) is 54.6 Å². The maximum absolute atomic E-state index is 11.1. The van der Waals surface area contributed by atoms with Gasteiger partial charge in [0.05, 0.1) is 29.1 Å². The smallest absolute Gasteiger partial charge is 0.335 e. The molecule has 1 aromatic heterocycles. The zero-order chi connectivity index (χ0) is 20.3. The summed E-state index contributed by atoms with van der Waals surface area (Å²) < 4.78 is 5.46. The summed E-state index contributed by atoms with van der Waals surface area (Å²) in [5.41, 5.74) is 15.3. The Kier molecular flexibility index (Phi) is 5.26. The number of amidine groups is 1. The molecule has 3 aromatic rings. The number of hydrogen-bond acceptors (Lipinski definition) is 5. The summed E-state index contributed by atoms with van der Waals surface area (Å²) >= 11 is 0. The minimum absolute atomic E-state index is 0.179. The molecule has 142 valence electrons. The molecule has 0 fully saturated rings. The van der Waals surface area contributed by atoms with Crippen LogP contribution in [-0.4, -0.2) is 28.5 Å². The summed E-state index contributed by atoms with van der Waals surface area (Å²) in [6, 6.07) is 15.3. The molecule has 28 heavy (non-hydrogen) atoms. The van der Waals surface area contributed by atoms with Crippen molar-refractivity contribution in [2.24, 2.45) is 5.73 Å². The van der Waals surface area contributed by atoms with E-state index in [0.717, 1.165) is 11.3 Å². The minimum Gasteiger partial charge on any atom is -0.494 e. The number of hydrogen-bond donors (Lipinski definition) is 4. The van der Waals surface area contributed by atoms with Crippen molar-refractivity contribution >= 4 is 17.5 Å². The Morgan fingerprint density at radius 2 is 1.71 bits per heavy atom. The molecule has 7 nitrogen and oxygen atoms in total. The number of pyridine rings is 1. The summed E-state index contributed by atoms with van der Waals surface area (Å²) in [6.07, 6.45) is 0. The van der Waals surface area contributed by atoms with Gasteiger partial charge in [0, 0.05) is 16.8 Å². The number of carbonyl (C=O) groups is 1. The Labute approximate surface area is 162 Å². The molecule has 0 saturated heterocycles. The van der Waals surface area contributed by atoms with Crippen LogP contribution in [0.5, 0.6) is 5.75 Å². The third-order valence-electron chi connectivity index (χ3n) is 4.19. The van der Waals surface area contributed by atoms with Crippen LogP contribution in [-0.2, 0) is 0 Å². The summed E-state index contributed by atoms with van der Waals surface area (Å²) in [6.45, 7) is 2.47. The highest BCUT2D eigenvalue weighted by molar-refractivity contribution is 6.05. The number of nitrogen functional groups attached to an aromatic ring is 2. The molecule has 0 unspecified atom stereocenters. The van der Waals surface area contributed by atoms with Gasteiger partial charge in [-0.25, -0.2) is 9.78 Å². The normalized spacial score (nSPS) is 10.5. The predicted octanol–water partition coefficient (Wildman–Crippen LogP) is 3.38. The number of nitrogens with two attached hydrogens (primary N) is 2. The third kappa shape index (κ3) is 3.78. The molecule has 0 aliphatic carbocycles. The van der Waals surface area contributed by atoms with Gasteiger partial charge >= 0.3 is 5.97 Å². The van der Waals surface area contributed by atoms with Crippen molar-refractivity contribution < 1.29 is 14.6 Å². The fourth-order valence-electron chi connectivity index (χ4n) is 2.86. The molecule has 0 saturated carbocycles.